The summed E-state index contributed by atoms with van der Waals surface area (Å²) in [5.74, 6) is -1.01. The molecule has 0 radical (unpaired) electrons. The molecule has 2 N–H and O–H groups in total. The summed E-state index contributed by atoms with van der Waals surface area (Å²) in [5, 5.41) is 12.6. The molecule has 0 saturated carbocycles. The summed E-state index contributed by atoms with van der Waals surface area (Å²) in [6, 6.07) is 6.73. The number of amides is 1. The second-order valence-electron chi connectivity index (χ2n) is 5.23. The molecule has 2 rings (SSSR count). The first kappa shape index (κ1) is 15.8. The zero-order valence-electron chi connectivity index (χ0n) is 11.7. The third-order valence-corrected chi connectivity index (χ3v) is 3.86. The molecule has 1 aliphatic rings. The highest BCUT2D eigenvalue weighted by molar-refractivity contribution is 6.30. The lowest BCUT2D eigenvalue weighted by atomic mass is 10.0. The maximum absolute atomic E-state index is 12.0. The predicted molar refractivity (Wildman–Crippen MR) is 80.1 cm³/mol. The Morgan fingerprint density at radius 2 is 2.19 bits per heavy atom. The number of benzene rings is 1. The summed E-state index contributed by atoms with van der Waals surface area (Å²) in [6.07, 6.45) is 2.44. The van der Waals surface area contributed by atoms with Crippen molar-refractivity contribution in [1.82, 2.24) is 10.2 Å². The van der Waals surface area contributed by atoms with E-state index in [1.165, 1.54) is 0 Å². The predicted octanol–water partition coefficient (Wildman–Crippen LogP) is 1.90. The molecule has 0 aromatic heterocycles. The molecule has 1 amide bonds. The van der Waals surface area contributed by atoms with Gasteiger partial charge in [0.1, 0.15) is 6.04 Å². The van der Waals surface area contributed by atoms with Gasteiger partial charge in [-0.15, -0.1) is 0 Å². The van der Waals surface area contributed by atoms with Gasteiger partial charge in [-0.2, -0.15) is 0 Å². The molecule has 1 fully saturated rings. The number of nitrogens with one attached hydrogen (secondary N) is 1. The van der Waals surface area contributed by atoms with E-state index in [4.69, 9.17) is 11.6 Å². The summed E-state index contributed by atoms with van der Waals surface area (Å²) in [7, 11) is 0. The van der Waals surface area contributed by atoms with Crippen molar-refractivity contribution in [2.24, 2.45) is 0 Å². The topological polar surface area (TPSA) is 69.6 Å². The van der Waals surface area contributed by atoms with Crippen molar-refractivity contribution in [3.05, 3.63) is 34.9 Å². The number of halogens is 1. The highest BCUT2D eigenvalue weighted by Crippen LogP contribution is 2.16. The second kappa shape index (κ2) is 7.43. The van der Waals surface area contributed by atoms with Crippen LogP contribution in [0.2, 0.25) is 5.02 Å². The number of nitrogens with zero attached hydrogens (tertiary/aromatic N) is 1. The van der Waals surface area contributed by atoms with Crippen LogP contribution in [0, 0.1) is 0 Å². The van der Waals surface area contributed by atoms with E-state index in [1.807, 2.05) is 12.1 Å². The Morgan fingerprint density at radius 1 is 1.38 bits per heavy atom. The van der Waals surface area contributed by atoms with Crippen LogP contribution in [0.15, 0.2) is 24.3 Å². The van der Waals surface area contributed by atoms with Gasteiger partial charge in [0.2, 0.25) is 5.91 Å². The van der Waals surface area contributed by atoms with Crippen molar-refractivity contribution in [3.8, 4) is 0 Å². The molecule has 114 valence electrons. The normalized spacial score (nSPS) is 19.2. The molecule has 1 saturated heterocycles. The summed E-state index contributed by atoms with van der Waals surface area (Å²) in [5.41, 5.74) is 0.921. The average Bonchev–Trinajstić information content (AvgIpc) is 2.45. The number of piperidine rings is 1. The maximum atomic E-state index is 12.0. The van der Waals surface area contributed by atoms with Gasteiger partial charge in [0.25, 0.3) is 0 Å². The molecule has 1 aromatic rings. The summed E-state index contributed by atoms with van der Waals surface area (Å²) in [4.78, 5) is 24.9. The fraction of sp³-hybridized carbons (Fsp3) is 0.467. The van der Waals surface area contributed by atoms with E-state index in [2.05, 4.69) is 5.32 Å². The zero-order valence-corrected chi connectivity index (χ0v) is 12.5. The summed E-state index contributed by atoms with van der Waals surface area (Å²) >= 11 is 5.88. The van der Waals surface area contributed by atoms with Gasteiger partial charge < -0.3 is 10.4 Å². The molecular weight excluding hydrogens is 292 g/mol. The van der Waals surface area contributed by atoms with Crippen LogP contribution < -0.4 is 5.32 Å². The largest absolute Gasteiger partial charge is 0.480 e. The second-order valence-corrected chi connectivity index (χ2v) is 5.66. The van der Waals surface area contributed by atoms with Gasteiger partial charge in [-0.1, -0.05) is 30.2 Å². The van der Waals surface area contributed by atoms with E-state index in [9.17, 15) is 14.7 Å². The van der Waals surface area contributed by atoms with E-state index in [0.29, 0.717) is 24.5 Å². The van der Waals surface area contributed by atoms with E-state index >= 15 is 0 Å². The van der Waals surface area contributed by atoms with Crippen molar-refractivity contribution >= 4 is 23.5 Å². The monoisotopic (exact) mass is 310 g/mol. The van der Waals surface area contributed by atoms with Crippen LogP contribution in [0.3, 0.4) is 0 Å². The fourth-order valence-electron chi connectivity index (χ4n) is 2.55. The number of rotatable bonds is 5. The molecule has 1 heterocycles. The number of likely N-dealkylation sites (tertiary alicyclic amines) is 1. The lowest BCUT2D eigenvalue weighted by Crippen LogP contribution is -2.48. The molecule has 0 bridgehead atoms. The molecule has 0 unspecified atom stereocenters. The Labute approximate surface area is 128 Å². The first-order chi connectivity index (χ1) is 10.1. The standard InChI is InChI=1S/C15H19ClN2O3/c16-12-5-3-4-11(8-12)9-17-14(19)10-18-7-2-1-6-13(18)15(20)21/h3-5,8,13H,1-2,6-7,9-10H2,(H,17,19)(H,20,21)/t13-/m0/s1. The lowest BCUT2D eigenvalue weighted by Gasteiger charge is -2.32. The molecule has 1 atom stereocenters. The molecule has 0 spiro atoms. The molecule has 5 nitrogen and oxygen atoms in total. The Kier molecular flexibility index (Phi) is 5.59. The number of hydrogen-bond donors (Lipinski definition) is 2. The van der Waals surface area contributed by atoms with Crippen LogP contribution in [0.4, 0.5) is 0 Å². The van der Waals surface area contributed by atoms with E-state index < -0.39 is 12.0 Å². The van der Waals surface area contributed by atoms with Gasteiger partial charge in [0.15, 0.2) is 0 Å². The number of carboxylic acid groups (broad SMARTS) is 1. The number of carbonyl (C=O) groups excluding carboxylic acids is 1. The minimum absolute atomic E-state index is 0.123. The van der Waals surface area contributed by atoms with Crippen molar-refractivity contribution in [3.63, 3.8) is 0 Å². The molecule has 1 aromatic carbocycles. The molecule has 21 heavy (non-hydrogen) atoms. The van der Waals surface area contributed by atoms with Gasteiger partial charge >= 0.3 is 5.97 Å². The fourth-order valence-corrected chi connectivity index (χ4v) is 2.76. The van der Waals surface area contributed by atoms with Crippen molar-refractivity contribution < 1.29 is 14.7 Å². The molecular formula is C15H19ClN2O3. The van der Waals surface area contributed by atoms with Crippen molar-refractivity contribution in [2.45, 2.75) is 31.8 Å². The van der Waals surface area contributed by atoms with Gasteiger partial charge in [-0.25, -0.2) is 0 Å². The number of hydrogen-bond acceptors (Lipinski definition) is 3. The molecule has 0 aliphatic carbocycles. The van der Waals surface area contributed by atoms with E-state index in [-0.39, 0.29) is 12.5 Å². The summed E-state index contributed by atoms with van der Waals surface area (Å²) in [6.45, 7) is 1.17. The minimum atomic E-state index is -0.850. The highest BCUT2D eigenvalue weighted by Gasteiger charge is 2.29. The van der Waals surface area contributed by atoms with Crippen LogP contribution in [-0.2, 0) is 16.1 Å². The average molecular weight is 311 g/mol. The smallest absolute Gasteiger partial charge is 0.320 e. The van der Waals surface area contributed by atoms with Gasteiger partial charge in [-0.3, -0.25) is 14.5 Å². The van der Waals surface area contributed by atoms with Crippen LogP contribution in [-0.4, -0.2) is 41.0 Å². The molecule has 1 aliphatic heterocycles. The first-order valence-electron chi connectivity index (χ1n) is 7.04. The van der Waals surface area contributed by atoms with E-state index in [0.717, 1.165) is 18.4 Å². The van der Waals surface area contributed by atoms with Crippen LogP contribution in [0.1, 0.15) is 24.8 Å². The Bertz CT molecular complexity index is 521. The Hall–Kier alpha value is -1.59. The third kappa shape index (κ3) is 4.72. The Morgan fingerprint density at radius 3 is 2.90 bits per heavy atom. The Balaban J connectivity index is 1.84. The quantitative estimate of drug-likeness (QED) is 0.871. The zero-order chi connectivity index (χ0) is 15.2. The van der Waals surface area contributed by atoms with E-state index in [1.54, 1.807) is 17.0 Å². The first-order valence-corrected chi connectivity index (χ1v) is 7.42. The highest BCUT2D eigenvalue weighted by atomic mass is 35.5. The van der Waals surface area contributed by atoms with Crippen molar-refractivity contribution in [1.29, 1.82) is 0 Å². The molecule has 6 heteroatoms. The van der Waals surface area contributed by atoms with Gasteiger partial charge in [-0.05, 0) is 37.1 Å². The van der Waals surface area contributed by atoms with Crippen LogP contribution in [0.5, 0.6) is 0 Å². The van der Waals surface area contributed by atoms with Gasteiger partial charge in [0, 0.05) is 11.6 Å². The SMILES string of the molecule is O=C(CN1CCCC[C@H]1C(=O)O)NCc1cccc(Cl)c1. The third-order valence-electron chi connectivity index (χ3n) is 3.62. The van der Waals surface area contributed by atoms with Crippen LogP contribution in [0.25, 0.3) is 0 Å². The van der Waals surface area contributed by atoms with Gasteiger partial charge in [0.05, 0.1) is 6.54 Å². The number of carboxylic acids is 1. The maximum Gasteiger partial charge on any atom is 0.320 e. The summed E-state index contributed by atoms with van der Waals surface area (Å²) < 4.78 is 0. The van der Waals surface area contributed by atoms with Crippen LogP contribution >= 0.6 is 11.6 Å². The van der Waals surface area contributed by atoms with Crippen molar-refractivity contribution in [2.75, 3.05) is 13.1 Å². The minimum Gasteiger partial charge on any atom is -0.480 e. The number of carbonyl (C=O) groups is 2. The lowest BCUT2D eigenvalue weighted by molar-refractivity contribution is -0.145. The number of aliphatic carboxylic acids is 1.